The summed E-state index contributed by atoms with van der Waals surface area (Å²) < 4.78 is 0.811. The Morgan fingerprint density at radius 2 is 2.19 bits per heavy atom. The SMILES string of the molecule is O=[N+]([O-])c1ccc(Br)cc1CNc1cccc2[nH]ncc12. The summed E-state index contributed by atoms with van der Waals surface area (Å²) in [7, 11) is 0. The van der Waals surface area contributed by atoms with Gasteiger partial charge in [0.15, 0.2) is 0 Å². The van der Waals surface area contributed by atoms with Crippen molar-refractivity contribution in [2.75, 3.05) is 5.32 Å². The molecular formula is C14H11BrN4O2. The van der Waals surface area contributed by atoms with Crippen LogP contribution in [0.1, 0.15) is 5.56 Å². The maximum atomic E-state index is 11.1. The minimum Gasteiger partial charge on any atom is -0.380 e. The fraction of sp³-hybridized carbons (Fsp3) is 0.0714. The van der Waals surface area contributed by atoms with Crippen molar-refractivity contribution in [3.05, 3.63) is 62.7 Å². The molecule has 0 aliphatic rings. The van der Waals surface area contributed by atoms with E-state index in [1.165, 1.54) is 6.07 Å². The van der Waals surface area contributed by atoms with Crippen LogP contribution in [0.4, 0.5) is 11.4 Å². The third-order valence-corrected chi connectivity index (χ3v) is 3.69. The van der Waals surface area contributed by atoms with Crippen LogP contribution in [-0.2, 0) is 6.54 Å². The lowest BCUT2D eigenvalue weighted by Crippen LogP contribution is -2.03. The van der Waals surface area contributed by atoms with E-state index in [2.05, 4.69) is 31.4 Å². The molecule has 6 nitrogen and oxygen atoms in total. The zero-order valence-electron chi connectivity index (χ0n) is 10.8. The predicted molar refractivity (Wildman–Crippen MR) is 84.2 cm³/mol. The molecule has 0 spiro atoms. The number of hydrogen-bond donors (Lipinski definition) is 2. The van der Waals surface area contributed by atoms with Gasteiger partial charge < -0.3 is 5.32 Å². The highest BCUT2D eigenvalue weighted by atomic mass is 79.9. The smallest absolute Gasteiger partial charge is 0.274 e. The van der Waals surface area contributed by atoms with Gasteiger partial charge in [0.2, 0.25) is 0 Å². The average Bonchev–Trinajstić information content (AvgIpc) is 2.93. The van der Waals surface area contributed by atoms with Gasteiger partial charge in [-0.3, -0.25) is 15.2 Å². The van der Waals surface area contributed by atoms with Gasteiger partial charge >= 0.3 is 0 Å². The van der Waals surface area contributed by atoms with E-state index in [0.717, 1.165) is 21.1 Å². The van der Waals surface area contributed by atoms with Crippen LogP contribution in [-0.4, -0.2) is 15.1 Å². The third kappa shape index (κ3) is 2.73. The first-order chi connectivity index (χ1) is 10.1. The molecule has 0 radical (unpaired) electrons. The molecule has 106 valence electrons. The molecule has 2 aromatic carbocycles. The minimum atomic E-state index is -0.373. The summed E-state index contributed by atoms with van der Waals surface area (Å²) in [4.78, 5) is 10.7. The van der Waals surface area contributed by atoms with Crippen molar-refractivity contribution in [3.8, 4) is 0 Å². The van der Waals surface area contributed by atoms with Crippen molar-refractivity contribution in [2.24, 2.45) is 0 Å². The first-order valence-corrected chi connectivity index (χ1v) is 7.03. The summed E-state index contributed by atoms with van der Waals surface area (Å²) in [5.41, 5.74) is 2.53. The van der Waals surface area contributed by atoms with Crippen LogP contribution in [0, 0.1) is 10.1 Å². The van der Waals surface area contributed by atoms with Crippen LogP contribution >= 0.6 is 15.9 Å². The number of benzene rings is 2. The summed E-state index contributed by atoms with van der Waals surface area (Å²) in [6.45, 7) is 0.361. The third-order valence-electron chi connectivity index (χ3n) is 3.19. The summed E-state index contributed by atoms with van der Waals surface area (Å²) in [5, 5.41) is 22.1. The molecule has 0 unspecified atom stereocenters. The zero-order valence-corrected chi connectivity index (χ0v) is 12.4. The molecule has 2 N–H and O–H groups in total. The molecule has 21 heavy (non-hydrogen) atoms. The number of aromatic nitrogens is 2. The predicted octanol–water partition coefficient (Wildman–Crippen LogP) is 3.85. The number of fused-ring (bicyclic) bond motifs is 1. The number of nitrogens with zero attached hydrogens (tertiary/aromatic N) is 2. The summed E-state index contributed by atoms with van der Waals surface area (Å²) >= 11 is 3.34. The Morgan fingerprint density at radius 1 is 1.33 bits per heavy atom. The van der Waals surface area contributed by atoms with Gasteiger partial charge in [-0.05, 0) is 24.3 Å². The molecule has 3 rings (SSSR count). The van der Waals surface area contributed by atoms with Crippen LogP contribution in [0.15, 0.2) is 47.1 Å². The Balaban J connectivity index is 1.90. The van der Waals surface area contributed by atoms with E-state index in [-0.39, 0.29) is 10.6 Å². The molecule has 0 saturated heterocycles. The summed E-state index contributed by atoms with van der Waals surface area (Å²) in [6, 6.07) is 10.7. The quantitative estimate of drug-likeness (QED) is 0.555. The number of H-pyrrole nitrogens is 1. The van der Waals surface area contributed by atoms with Crippen molar-refractivity contribution in [2.45, 2.75) is 6.54 Å². The van der Waals surface area contributed by atoms with Crippen LogP contribution in [0.2, 0.25) is 0 Å². The minimum absolute atomic E-state index is 0.102. The monoisotopic (exact) mass is 346 g/mol. The van der Waals surface area contributed by atoms with E-state index in [4.69, 9.17) is 0 Å². The van der Waals surface area contributed by atoms with Crippen molar-refractivity contribution in [3.63, 3.8) is 0 Å². The lowest BCUT2D eigenvalue weighted by atomic mass is 10.1. The molecule has 0 aliphatic carbocycles. The zero-order chi connectivity index (χ0) is 14.8. The fourth-order valence-electron chi connectivity index (χ4n) is 2.19. The van der Waals surface area contributed by atoms with E-state index < -0.39 is 0 Å². The van der Waals surface area contributed by atoms with Crippen molar-refractivity contribution < 1.29 is 4.92 Å². The molecule has 1 aromatic heterocycles. The fourth-order valence-corrected chi connectivity index (χ4v) is 2.60. The molecule has 0 saturated carbocycles. The van der Waals surface area contributed by atoms with E-state index >= 15 is 0 Å². The van der Waals surface area contributed by atoms with Gasteiger partial charge in [-0.15, -0.1) is 0 Å². The number of halogens is 1. The van der Waals surface area contributed by atoms with Gasteiger partial charge in [-0.1, -0.05) is 22.0 Å². The molecule has 0 atom stereocenters. The standard InChI is InChI=1S/C14H11BrN4O2/c15-10-4-5-14(19(20)21)9(6-10)7-16-12-2-1-3-13-11(12)8-17-18-13/h1-6,8,16H,7H2,(H,17,18). The second-order valence-corrected chi connectivity index (χ2v) is 5.44. The highest BCUT2D eigenvalue weighted by molar-refractivity contribution is 9.10. The normalized spacial score (nSPS) is 10.7. The van der Waals surface area contributed by atoms with Crippen molar-refractivity contribution in [1.82, 2.24) is 10.2 Å². The maximum Gasteiger partial charge on any atom is 0.274 e. The Hall–Kier alpha value is -2.41. The number of aromatic amines is 1. The van der Waals surface area contributed by atoms with Crippen LogP contribution < -0.4 is 5.32 Å². The van der Waals surface area contributed by atoms with Crippen LogP contribution in [0.3, 0.4) is 0 Å². The Morgan fingerprint density at radius 3 is 3.00 bits per heavy atom. The molecule has 0 amide bonds. The molecule has 0 bridgehead atoms. The van der Waals surface area contributed by atoms with Crippen LogP contribution in [0.5, 0.6) is 0 Å². The van der Waals surface area contributed by atoms with Crippen molar-refractivity contribution in [1.29, 1.82) is 0 Å². The molecule has 0 aliphatic heterocycles. The van der Waals surface area contributed by atoms with Gasteiger partial charge in [0.1, 0.15) is 0 Å². The highest BCUT2D eigenvalue weighted by Crippen LogP contribution is 2.26. The molecule has 0 fully saturated rings. The second kappa shape index (κ2) is 5.53. The Bertz CT molecular complexity index is 816. The lowest BCUT2D eigenvalue weighted by molar-refractivity contribution is -0.385. The van der Waals surface area contributed by atoms with E-state index in [1.54, 1.807) is 18.3 Å². The lowest BCUT2D eigenvalue weighted by Gasteiger charge is -2.08. The van der Waals surface area contributed by atoms with E-state index in [9.17, 15) is 10.1 Å². The number of nitro benzene ring substituents is 1. The first-order valence-electron chi connectivity index (χ1n) is 6.24. The highest BCUT2D eigenvalue weighted by Gasteiger charge is 2.14. The van der Waals surface area contributed by atoms with E-state index in [0.29, 0.717) is 12.1 Å². The number of rotatable bonds is 4. The van der Waals surface area contributed by atoms with Gasteiger partial charge in [-0.25, -0.2) is 0 Å². The van der Waals surface area contributed by atoms with Gasteiger partial charge in [0.25, 0.3) is 5.69 Å². The number of hydrogen-bond acceptors (Lipinski definition) is 4. The van der Waals surface area contributed by atoms with Gasteiger partial charge in [-0.2, -0.15) is 5.10 Å². The first kappa shape index (κ1) is 13.6. The molecule has 1 heterocycles. The Labute approximate surface area is 128 Å². The number of nitro groups is 1. The molecular weight excluding hydrogens is 336 g/mol. The second-order valence-electron chi connectivity index (χ2n) is 4.52. The van der Waals surface area contributed by atoms with E-state index in [1.807, 2.05) is 18.2 Å². The molecule has 7 heteroatoms. The number of anilines is 1. The summed E-state index contributed by atoms with van der Waals surface area (Å²) in [5.74, 6) is 0. The Kier molecular flexibility index (Phi) is 3.57. The van der Waals surface area contributed by atoms with Gasteiger partial charge in [0, 0.05) is 33.7 Å². The van der Waals surface area contributed by atoms with Crippen LogP contribution in [0.25, 0.3) is 10.9 Å². The topological polar surface area (TPSA) is 83.9 Å². The molecule has 3 aromatic rings. The largest absolute Gasteiger partial charge is 0.380 e. The van der Waals surface area contributed by atoms with Crippen molar-refractivity contribution >= 4 is 38.2 Å². The maximum absolute atomic E-state index is 11.1. The number of nitrogens with one attached hydrogen (secondary N) is 2. The average molecular weight is 347 g/mol. The van der Waals surface area contributed by atoms with Gasteiger partial charge in [0.05, 0.1) is 16.6 Å². The summed E-state index contributed by atoms with van der Waals surface area (Å²) in [6.07, 6.45) is 1.73.